The summed E-state index contributed by atoms with van der Waals surface area (Å²) in [6, 6.07) is 19.9. The van der Waals surface area contributed by atoms with Crippen LogP contribution in [0.5, 0.6) is 0 Å². The van der Waals surface area contributed by atoms with Crippen LogP contribution in [0, 0.1) is 0 Å². The largest absolute Gasteiger partial charge is 0.545 e. The van der Waals surface area contributed by atoms with Gasteiger partial charge < -0.3 is 14.3 Å². The zero-order chi connectivity index (χ0) is 17.4. The van der Waals surface area contributed by atoms with Gasteiger partial charge in [0.15, 0.2) is 5.76 Å². The van der Waals surface area contributed by atoms with E-state index in [0.717, 1.165) is 10.0 Å². The van der Waals surface area contributed by atoms with Crippen molar-refractivity contribution in [3.8, 4) is 22.8 Å². The fraction of sp³-hybridized carbons (Fsp3) is 0. The number of hydrogen-bond acceptors (Lipinski definition) is 4. The lowest BCUT2D eigenvalue weighted by Gasteiger charge is -2.09. The van der Waals surface area contributed by atoms with E-state index in [4.69, 9.17) is 4.42 Å². The molecule has 2 aromatic carbocycles. The van der Waals surface area contributed by atoms with Gasteiger partial charge in [0.25, 0.3) is 0 Å². The second-order valence-corrected chi connectivity index (χ2v) is 6.45. The maximum atomic E-state index is 11.5. The Labute approximate surface area is 151 Å². The van der Waals surface area contributed by atoms with Crippen LogP contribution in [0.25, 0.3) is 33.7 Å². The molecule has 0 fully saturated rings. The van der Waals surface area contributed by atoms with Crippen molar-refractivity contribution in [2.24, 2.45) is 0 Å². The Morgan fingerprint density at radius 2 is 1.76 bits per heavy atom. The monoisotopic (exact) mass is 392 g/mol. The van der Waals surface area contributed by atoms with E-state index in [1.807, 2.05) is 36.4 Å². The highest BCUT2D eigenvalue weighted by molar-refractivity contribution is 9.10. The normalized spacial score (nSPS) is 10.9. The number of pyridine rings is 1. The van der Waals surface area contributed by atoms with Gasteiger partial charge >= 0.3 is 0 Å². The molecule has 25 heavy (non-hydrogen) atoms. The second kappa shape index (κ2) is 6.18. The summed E-state index contributed by atoms with van der Waals surface area (Å²) in [5.74, 6) is -0.0527. The SMILES string of the molecule is O=C([O-])c1cc(-c2ccc(-c3cccc(Br)c3)o2)nc2ccccc12. The standard InChI is InChI=1S/C20H12BrNO3/c21-13-5-3-4-12(10-13)18-8-9-19(25-18)17-11-15(20(23)24)14-6-1-2-7-16(14)22-17/h1-11H,(H,23,24)/p-1. The van der Waals surface area contributed by atoms with Crippen LogP contribution in [-0.2, 0) is 0 Å². The van der Waals surface area contributed by atoms with Gasteiger partial charge in [-0.1, -0.05) is 46.3 Å². The van der Waals surface area contributed by atoms with Gasteiger partial charge in [-0.05, 0) is 36.4 Å². The number of fused-ring (bicyclic) bond motifs is 1. The lowest BCUT2D eigenvalue weighted by molar-refractivity contribution is -0.254. The van der Waals surface area contributed by atoms with E-state index in [1.54, 1.807) is 24.3 Å². The molecular weight excluding hydrogens is 382 g/mol. The number of aromatic nitrogens is 1. The van der Waals surface area contributed by atoms with E-state index < -0.39 is 5.97 Å². The number of carbonyl (C=O) groups is 1. The second-order valence-electron chi connectivity index (χ2n) is 5.53. The number of carboxylic acid groups (broad SMARTS) is 1. The Morgan fingerprint density at radius 3 is 2.56 bits per heavy atom. The molecule has 2 heterocycles. The maximum absolute atomic E-state index is 11.5. The molecule has 4 nitrogen and oxygen atoms in total. The summed E-state index contributed by atoms with van der Waals surface area (Å²) in [5, 5.41) is 12.0. The van der Waals surface area contributed by atoms with Crippen LogP contribution in [0.2, 0.25) is 0 Å². The molecule has 2 aromatic heterocycles. The Hall–Kier alpha value is -2.92. The van der Waals surface area contributed by atoms with E-state index in [0.29, 0.717) is 28.1 Å². The van der Waals surface area contributed by atoms with E-state index in [2.05, 4.69) is 20.9 Å². The first kappa shape index (κ1) is 15.6. The number of hydrogen-bond donors (Lipinski definition) is 0. The summed E-state index contributed by atoms with van der Waals surface area (Å²) in [6.45, 7) is 0. The van der Waals surface area contributed by atoms with Crippen LogP contribution < -0.4 is 5.11 Å². The molecule has 0 aliphatic heterocycles. The maximum Gasteiger partial charge on any atom is 0.153 e. The van der Waals surface area contributed by atoms with Crippen molar-refractivity contribution in [1.29, 1.82) is 0 Å². The van der Waals surface area contributed by atoms with E-state index in [-0.39, 0.29) is 5.56 Å². The predicted molar refractivity (Wildman–Crippen MR) is 96.9 cm³/mol. The molecule has 0 amide bonds. The van der Waals surface area contributed by atoms with Crippen LogP contribution in [-0.4, -0.2) is 11.0 Å². The number of carbonyl (C=O) groups excluding carboxylic acids is 1. The van der Waals surface area contributed by atoms with Gasteiger partial charge in [0, 0.05) is 21.0 Å². The highest BCUT2D eigenvalue weighted by atomic mass is 79.9. The van der Waals surface area contributed by atoms with Gasteiger partial charge in [0.2, 0.25) is 0 Å². The molecule has 122 valence electrons. The number of benzene rings is 2. The van der Waals surface area contributed by atoms with Crippen molar-refractivity contribution >= 4 is 32.8 Å². The van der Waals surface area contributed by atoms with Crippen molar-refractivity contribution in [1.82, 2.24) is 4.98 Å². The average molecular weight is 393 g/mol. The first-order valence-electron chi connectivity index (χ1n) is 7.59. The third-order valence-corrected chi connectivity index (χ3v) is 4.40. The summed E-state index contributed by atoms with van der Waals surface area (Å²) in [7, 11) is 0. The van der Waals surface area contributed by atoms with Gasteiger partial charge in [-0.15, -0.1) is 0 Å². The van der Waals surface area contributed by atoms with E-state index in [1.165, 1.54) is 6.07 Å². The van der Waals surface area contributed by atoms with Crippen molar-refractivity contribution in [2.75, 3.05) is 0 Å². The number of nitrogens with zero attached hydrogens (tertiary/aromatic N) is 1. The van der Waals surface area contributed by atoms with Gasteiger partial charge in [0.05, 0.1) is 11.5 Å². The summed E-state index contributed by atoms with van der Waals surface area (Å²) in [5.41, 5.74) is 2.06. The van der Waals surface area contributed by atoms with Crippen LogP contribution >= 0.6 is 15.9 Å². The first-order valence-corrected chi connectivity index (χ1v) is 8.38. The van der Waals surface area contributed by atoms with E-state index in [9.17, 15) is 9.90 Å². The minimum Gasteiger partial charge on any atom is -0.545 e. The average Bonchev–Trinajstić information content (AvgIpc) is 3.11. The number of furan rings is 1. The Kier molecular flexibility index (Phi) is 3.86. The summed E-state index contributed by atoms with van der Waals surface area (Å²) in [6.07, 6.45) is 0. The van der Waals surface area contributed by atoms with Crippen molar-refractivity contribution in [3.05, 3.63) is 76.8 Å². The summed E-state index contributed by atoms with van der Waals surface area (Å²) in [4.78, 5) is 16.0. The highest BCUT2D eigenvalue weighted by Gasteiger charge is 2.12. The van der Waals surface area contributed by atoms with Crippen LogP contribution in [0.1, 0.15) is 10.4 Å². The molecule has 0 saturated carbocycles. The van der Waals surface area contributed by atoms with Crippen molar-refractivity contribution in [3.63, 3.8) is 0 Å². The van der Waals surface area contributed by atoms with Gasteiger partial charge in [-0.25, -0.2) is 4.98 Å². The topological polar surface area (TPSA) is 66.2 Å². The number of halogens is 1. The smallest absolute Gasteiger partial charge is 0.153 e. The molecular formula is C20H11BrNO3-. The molecule has 0 bridgehead atoms. The van der Waals surface area contributed by atoms with Crippen LogP contribution in [0.15, 0.2) is 75.6 Å². The third-order valence-electron chi connectivity index (χ3n) is 3.90. The number of aromatic carboxylic acids is 1. The molecule has 0 radical (unpaired) electrons. The van der Waals surface area contributed by atoms with Gasteiger partial charge in [-0.2, -0.15) is 0 Å². The molecule has 4 rings (SSSR count). The molecule has 0 N–H and O–H groups in total. The first-order chi connectivity index (χ1) is 12.1. The summed E-state index contributed by atoms with van der Waals surface area (Å²) < 4.78 is 6.85. The van der Waals surface area contributed by atoms with E-state index >= 15 is 0 Å². The van der Waals surface area contributed by atoms with Gasteiger partial charge in [-0.3, -0.25) is 0 Å². The lowest BCUT2D eigenvalue weighted by Crippen LogP contribution is -2.22. The minimum atomic E-state index is -1.24. The molecule has 0 atom stereocenters. The number of rotatable bonds is 3. The molecule has 0 saturated heterocycles. The Balaban J connectivity index is 1.84. The Morgan fingerprint density at radius 1 is 0.960 bits per heavy atom. The molecule has 5 heteroatoms. The number of para-hydroxylation sites is 1. The predicted octanol–water partition coefficient (Wildman–Crippen LogP) is 4.29. The fourth-order valence-corrected chi connectivity index (χ4v) is 3.14. The van der Waals surface area contributed by atoms with Crippen molar-refractivity contribution < 1.29 is 14.3 Å². The van der Waals surface area contributed by atoms with Crippen LogP contribution in [0.3, 0.4) is 0 Å². The van der Waals surface area contributed by atoms with Gasteiger partial charge in [0.1, 0.15) is 11.5 Å². The third kappa shape index (κ3) is 2.94. The molecule has 0 aliphatic carbocycles. The molecule has 4 aromatic rings. The van der Waals surface area contributed by atoms with Crippen molar-refractivity contribution in [2.45, 2.75) is 0 Å². The Bertz CT molecular complexity index is 1100. The minimum absolute atomic E-state index is 0.0982. The summed E-state index contributed by atoms with van der Waals surface area (Å²) >= 11 is 3.44. The number of carboxylic acids is 1. The van der Waals surface area contributed by atoms with Crippen LogP contribution in [0.4, 0.5) is 0 Å². The lowest BCUT2D eigenvalue weighted by atomic mass is 10.1. The fourth-order valence-electron chi connectivity index (χ4n) is 2.74. The molecule has 0 aliphatic rings. The molecule has 0 spiro atoms. The highest BCUT2D eigenvalue weighted by Crippen LogP contribution is 2.31. The molecule has 0 unspecified atom stereocenters. The zero-order valence-electron chi connectivity index (χ0n) is 12.9. The zero-order valence-corrected chi connectivity index (χ0v) is 14.5. The quantitative estimate of drug-likeness (QED) is 0.521.